The van der Waals surface area contributed by atoms with E-state index in [1.807, 2.05) is 0 Å². The molecule has 0 aromatic carbocycles. The highest BCUT2D eigenvalue weighted by molar-refractivity contribution is 7.80. The Labute approximate surface area is 38.4 Å². The van der Waals surface area contributed by atoms with Gasteiger partial charge in [0.25, 0.3) is 0 Å². The van der Waals surface area contributed by atoms with Gasteiger partial charge in [0.2, 0.25) is 0 Å². The van der Waals surface area contributed by atoms with Crippen molar-refractivity contribution in [2.45, 2.75) is 7.43 Å². The molecule has 0 spiro atoms. The fraction of sp³-hybridized carbons (Fsp3) is 1.00. The molecule has 0 fully saturated rings. The number of hydrogen-bond acceptors (Lipinski definition) is 2. The summed E-state index contributed by atoms with van der Waals surface area (Å²) in [6.45, 7) is -0.0664. The minimum absolute atomic E-state index is 0. The SMILES string of the molecule is C.[O-]CCS. The molecular weight excluding hydrogens is 84.1 g/mol. The average molecular weight is 93.2 g/mol. The summed E-state index contributed by atoms with van der Waals surface area (Å²) >= 11 is 3.61. The van der Waals surface area contributed by atoms with E-state index in [2.05, 4.69) is 12.6 Å². The molecule has 0 saturated carbocycles. The number of thiol groups is 1. The molecule has 0 aliphatic heterocycles. The van der Waals surface area contributed by atoms with Gasteiger partial charge in [-0.1, -0.05) is 7.43 Å². The first-order chi connectivity index (χ1) is 1.91. The Balaban J connectivity index is 0. The van der Waals surface area contributed by atoms with Gasteiger partial charge in [-0.05, 0) is 5.75 Å². The monoisotopic (exact) mass is 93.0 g/mol. The van der Waals surface area contributed by atoms with Gasteiger partial charge in [-0.2, -0.15) is 12.6 Å². The van der Waals surface area contributed by atoms with E-state index >= 15 is 0 Å². The van der Waals surface area contributed by atoms with Crippen molar-refractivity contribution in [2.24, 2.45) is 0 Å². The standard InChI is InChI=1S/C2H5OS.CH4/c3-1-2-4;/h4H,1-2H2;1H4/q-1;. The molecule has 1 nitrogen and oxygen atoms in total. The lowest BCUT2D eigenvalue weighted by molar-refractivity contribution is -0.360. The van der Waals surface area contributed by atoms with Gasteiger partial charge >= 0.3 is 0 Å². The zero-order chi connectivity index (χ0) is 3.41. The fourth-order valence-corrected chi connectivity index (χ4v) is 0. The van der Waals surface area contributed by atoms with Crippen LogP contribution in [0.1, 0.15) is 7.43 Å². The summed E-state index contributed by atoms with van der Waals surface area (Å²) in [5, 5.41) is 9.22. The molecule has 2 heteroatoms. The molecule has 0 N–H and O–H groups in total. The second kappa shape index (κ2) is 8.85. The largest absolute Gasteiger partial charge is 0.854 e. The molecule has 0 radical (unpaired) electrons. The maximum atomic E-state index is 9.22. The number of rotatable bonds is 1. The zero-order valence-corrected chi connectivity index (χ0v) is 3.16. The molecule has 0 atom stereocenters. The molecular formula is C3H9OS-. The van der Waals surface area contributed by atoms with Crippen molar-refractivity contribution in [3.63, 3.8) is 0 Å². The first kappa shape index (κ1) is 9.00. The fourth-order valence-electron chi connectivity index (χ4n) is 0. The number of hydrogen-bond donors (Lipinski definition) is 1. The molecule has 0 rings (SSSR count). The van der Waals surface area contributed by atoms with E-state index < -0.39 is 0 Å². The average Bonchev–Trinajstić information content (AvgIpc) is 1.37. The molecule has 0 saturated heterocycles. The topological polar surface area (TPSA) is 23.1 Å². The van der Waals surface area contributed by atoms with Crippen LogP contribution in [0.3, 0.4) is 0 Å². The summed E-state index contributed by atoms with van der Waals surface area (Å²) in [5.41, 5.74) is 0. The summed E-state index contributed by atoms with van der Waals surface area (Å²) in [7, 11) is 0. The predicted molar refractivity (Wildman–Crippen MR) is 25.5 cm³/mol. The van der Waals surface area contributed by atoms with Gasteiger partial charge < -0.3 is 5.11 Å². The third kappa shape index (κ3) is 13.4. The van der Waals surface area contributed by atoms with E-state index in [-0.39, 0.29) is 14.0 Å². The second-order valence-corrected chi connectivity index (χ2v) is 0.875. The van der Waals surface area contributed by atoms with E-state index in [4.69, 9.17) is 0 Å². The van der Waals surface area contributed by atoms with Crippen molar-refractivity contribution in [3.8, 4) is 0 Å². The quantitative estimate of drug-likeness (QED) is 0.450. The highest BCUT2D eigenvalue weighted by atomic mass is 32.1. The van der Waals surface area contributed by atoms with Crippen molar-refractivity contribution in [1.82, 2.24) is 0 Å². The Morgan fingerprint density at radius 1 is 1.60 bits per heavy atom. The Kier molecular flexibility index (Phi) is 15.9. The third-order valence-electron chi connectivity index (χ3n) is 0.0913. The first-order valence-electron chi connectivity index (χ1n) is 1.10. The lowest BCUT2D eigenvalue weighted by Gasteiger charge is -1.88. The van der Waals surface area contributed by atoms with Crippen LogP contribution >= 0.6 is 12.6 Å². The molecule has 0 aliphatic rings. The normalized spacial score (nSPS) is 6.00. The third-order valence-corrected chi connectivity index (χ3v) is 0.274. The smallest absolute Gasteiger partial charge is 0.0252 e. The summed E-state index contributed by atoms with van der Waals surface area (Å²) in [4.78, 5) is 0. The highest BCUT2D eigenvalue weighted by Crippen LogP contribution is 1.58. The van der Waals surface area contributed by atoms with Crippen LogP contribution in [-0.4, -0.2) is 12.4 Å². The minimum atomic E-state index is -0.0664. The summed E-state index contributed by atoms with van der Waals surface area (Å²) in [6, 6.07) is 0. The van der Waals surface area contributed by atoms with Crippen LogP contribution in [0.4, 0.5) is 0 Å². The van der Waals surface area contributed by atoms with E-state index in [0.717, 1.165) is 0 Å². The van der Waals surface area contributed by atoms with Gasteiger partial charge in [0, 0.05) is 0 Å². The maximum absolute atomic E-state index is 9.22. The molecule has 0 heterocycles. The Hall–Kier alpha value is 0.310. The van der Waals surface area contributed by atoms with E-state index in [1.165, 1.54) is 0 Å². The van der Waals surface area contributed by atoms with E-state index in [0.29, 0.717) is 5.75 Å². The molecule has 0 aromatic rings. The van der Waals surface area contributed by atoms with Gasteiger partial charge in [0.1, 0.15) is 0 Å². The van der Waals surface area contributed by atoms with Crippen LogP contribution in [0.5, 0.6) is 0 Å². The van der Waals surface area contributed by atoms with Crippen LogP contribution in [-0.2, 0) is 0 Å². The van der Waals surface area contributed by atoms with Crippen LogP contribution < -0.4 is 5.11 Å². The van der Waals surface area contributed by atoms with Crippen molar-refractivity contribution < 1.29 is 5.11 Å². The molecule has 34 valence electrons. The Morgan fingerprint density at radius 3 is 1.80 bits per heavy atom. The van der Waals surface area contributed by atoms with Crippen molar-refractivity contribution in [3.05, 3.63) is 0 Å². The molecule has 0 amide bonds. The Morgan fingerprint density at radius 2 is 1.80 bits per heavy atom. The van der Waals surface area contributed by atoms with Crippen LogP contribution in [0.15, 0.2) is 0 Å². The Bertz CT molecular complexity index is 8.85. The molecule has 5 heavy (non-hydrogen) atoms. The van der Waals surface area contributed by atoms with Crippen molar-refractivity contribution in [1.29, 1.82) is 0 Å². The zero-order valence-electron chi connectivity index (χ0n) is 2.27. The predicted octanol–water partition coefficient (Wildman–Crippen LogP) is -0.0874. The lowest BCUT2D eigenvalue weighted by Crippen LogP contribution is -2.05. The van der Waals surface area contributed by atoms with Crippen LogP contribution in [0, 0.1) is 0 Å². The summed E-state index contributed by atoms with van der Waals surface area (Å²) in [5.74, 6) is 0.458. The minimum Gasteiger partial charge on any atom is -0.854 e. The van der Waals surface area contributed by atoms with Gasteiger partial charge in [0.15, 0.2) is 0 Å². The van der Waals surface area contributed by atoms with E-state index in [9.17, 15) is 5.11 Å². The van der Waals surface area contributed by atoms with E-state index in [1.54, 1.807) is 0 Å². The van der Waals surface area contributed by atoms with Gasteiger partial charge in [0.05, 0.1) is 0 Å². The second-order valence-electron chi connectivity index (χ2n) is 0.428. The molecule has 0 bridgehead atoms. The first-order valence-corrected chi connectivity index (χ1v) is 1.74. The van der Waals surface area contributed by atoms with Crippen molar-refractivity contribution >= 4 is 12.6 Å². The molecule has 0 unspecified atom stereocenters. The van der Waals surface area contributed by atoms with Gasteiger partial charge in [-0.3, -0.25) is 0 Å². The summed E-state index contributed by atoms with van der Waals surface area (Å²) in [6.07, 6.45) is 0. The molecule has 0 aromatic heterocycles. The maximum Gasteiger partial charge on any atom is -0.0252 e. The van der Waals surface area contributed by atoms with Crippen LogP contribution in [0.2, 0.25) is 0 Å². The lowest BCUT2D eigenvalue weighted by atomic mass is 10.9. The molecule has 0 aliphatic carbocycles. The summed E-state index contributed by atoms with van der Waals surface area (Å²) < 4.78 is 0. The highest BCUT2D eigenvalue weighted by Gasteiger charge is 1.46. The van der Waals surface area contributed by atoms with Gasteiger partial charge in [-0.15, -0.1) is 6.61 Å². The van der Waals surface area contributed by atoms with Crippen LogP contribution in [0.25, 0.3) is 0 Å². The van der Waals surface area contributed by atoms with Crippen molar-refractivity contribution in [2.75, 3.05) is 12.4 Å². The van der Waals surface area contributed by atoms with Gasteiger partial charge in [-0.25, -0.2) is 0 Å².